The van der Waals surface area contributed by atoms with Gasteiger partial charge in [-0.05, 0) is 93.0 Å². The van der Waals surface area contributed by atoms with E-state index >= 15 is 0 Å². The van der Waals surface area contributed by atoms with Crippen LogP contribution in [-0.4, -0.2) is 28.7 Å². The first-order valence-corrected chi connectivity index (χ1v) is 13.1. The van der Waals surface area contributed by atoms with E-state index in [0.29, 0.717) is 29.0 Å². The summed E-state index contributed by atoms with van der Waals surface area (Å²) < 4.78 is 0. The van der Waals surface area contributed by atoms with Crippen molar-refractivity contribution in [1.82, 2.24) is 4.90 Å². The molecule has 5 aliphatic rings. The van der Waals surface area contributed by atoms with Gasteiger partial charge in [-0.15, -0.1) is 0 Å². The second-order valence-electron chi connectivity index (χ2n) is 11.4. The van der Waals surface area contributed by atoms with E-state index in [1.165, 1.54) is 24.2 Å². The summed E-state index contributed by atoms with van der Waals surface area (Å²) in [4.78, 5) is 44.6. The van der Waals surface area contributed by atoms with Gasteiger partial charge in [0.25, 0.3) is 5.91 Å². The maximum absolute atomic E-state index is 14.6. The van der Waals surface area contributed by atoms with Gasteiger partial charge >= 0.3 is 0 Å². The summed E-state index contributed by atoms with van der Waals surface area (Å²) >= 11 is 0. The normalized spacial score (nSPS) is 31.4. The SMILES string of the molecule is CC(c1ccccc1)N(C(=O)C12CC3CC(CC(C3)C1)C2)C1CC(=O)N(c2ccc(C#N)cc2)C1=O. The molecule has 2 aromatic rings. The Hall–Kier alpha value is -3.46. The van der Waals surface area contributed by atoms with Gasteiger partial charge in [0.05, 0.1) is 35.2 Å². The number of benzene rings is 2. The van der Waals surface area contributed by atoms with Crippen molar-refractivity contribution < 1.29 is 14.4 Å². The van der Waals surface area contributed by atoms with E-state index in [4.69, 9.17) is 5.26 Å². The van der Waals surface area contributed by atoms with Crippen molar-refractivity contribution in [3.63, 3.8) is 0 Å². The molecule has 4 aliphatic carbocycles. The number of nitriles is 1. The van der Waals surface area contributed by atoms with Gasteiger partial charge in [0.15, 0.2) is 0 Å². The second kappa shape index (κ2) is 8.58. The minimum absolute atomic E-state index is 0.0197. The molecule has 5 fully saturated rings. The van der Waals surface area contributed by atoms with Gasteiger partial charge in [-0.25, -0.2) is 4.90 Å². The van der Waals surface area contributed by atoms with Crippen LogP contribution in [-0.2, 0) is 14.4 Å². The fourth-order valence-corrected chi connectivity index (χ4v) is 7.92. The minimum Gasteiger partial charge on any atom is -0.323 e. The standard InChI is InChI=1S/C30H31N3O3/c1-19(24-5-3-2-4-6-24)32(29(36)30-15-21-11-22(16-30)13-23(12-21)17-30)26-14-27(34)33(28(26)35)25-9-7-20(18-31)8-10-25/h2-10,19,21-23,26H,11-17H2,1H3. The molecule has 0 N–H and O–H groups in total. The first-order chi connectivity index (χ1) is 17.4. The molecule has 2 aromatic carbocycles. The molecule has 1 heterocycles. The largest absolute Gasteiger partial charge is 0.323 e. The van der Waals surface area contributed by atoms with Crippen LogP contribution in [0.25, 0.3) is 0 Å². The summed E-state index contributed by atoms with van der Waals surface area (Å²) in [5.74, 6) is 1.20. The number of anilines is 1. The van der Waals surface area contributed by atoms with Gasteiger partial charge in [-0.1, -0.05) is 30.3 Å². The molecule has 2 atom stereocenters. The molecule has 2 unspecified atom stereocenters. The molecule has 184 valence electrons. The molecule has 6 nitrogen and oxygen atoms in total. The molecule has 3 amide bonds. The highest BCUT2D eigenvalue weighted by Gasteiger charge is 2.58. The van der Waals surface area contributed by atoms with E-state index in [0.717, 1.165) is 24.8 Å². The lowest BCUT2D eigenvalue weighted by atomic mass is 9.49. The van der Waals surface area contributed by atoms with Crippen LogP contribution in [0.4, 0.5) is 5.69 Å². The van der Waals surface area contributed by atoms with Crippen molar-refractivity contribution in [2.75, 3.05) is 4.90 Å². The van der Waals surface area contributed by atoms with Crippen molar-refractivity contribution in [2.24, 2.45) is 23.2 Å². The average Bonchev–Trinajstić information content (AvgIpc) is 3.17. The van der Waals surface area contributed by atoms with Crippen LogP contribution >= 0.6 is 0 Å². The zero-order valence-corrected chi connectivity index (χ0v) is 20.6. The number of hydrogen-bond acceptors (Lipinski definition) is 4. The molecule has 0 aromatic heterocycles. The van der Waals surface area contributed by atoms with Crippen LogP contribution < -0.4 is 4.90 Å². The predicted molar refractivity (Wildman–Crippen MR) is 134 cm³/mol. The Bertz CT molecular complexity index is 1210. The highest BCUT2D eigenvalue weighted by Crippen LogP contribution is 2.61. The van der Waals surface area contributed by atoms with E-state index in [1.54, 1.807) is 29.2 Å². The summed E-state index contributed by atoms with van der Waals surface area (Å²) in [5.41, 5.74) is 1.46. The Kier molecular flexibility index (Phi) is 5.48. The molecule has 4 bridgehead atoms. The summed E-state index contributed by atoms with van der Waals surface area (Å²) in [6.07, 6.45) is 6.39. The number of imide groups is 1. The van der Waals surface area contributed by atoms with Crippen LogP contribution in [0.3, 0.4) is 0 Å². The molecule has 36 heavy (non-hydrogen) atoms. The quantitative estimate of drug-likeness (QED) is 0.563. The number of carbonyl (C=O) groups excluding carboxylic acids is 3. The summed E-state index contributed by atoms with van der Waals surface area (Å²) in [7, 11) is 0. The van der Waals surface area contributed by atoms with Crippen LogP contribution in [0.1, 0.15) is 69.0 Å². The van der Waals surface area contributed by atoms with Crippen LogP contribution in [0.15, 0.2) is 54.6 Å². The Labute approximate surface area is 211 Å². The number of amides is 3. The van der Waals surface area contributed by atoms with Crippen LogP contribution in [0, 0.1) is 34.5 Å². The maximum atomic E-state index is 14.6. The van der Waals surface area contributed by atoms with E-state index in [9.17, 15) is 14.4 Å². The Balaban J connectivity index is 1.37. The van der Waals surface area contributed by atoms with Crippen molar-refractivity contribution in [3.8, 4) is 6.07 Å². The average molecular weight is 482 g/mol. The molecule has 1 saturated heterocycles. The lowest BCUT2D eigenvalue weighted by molar-refractivity contribution is -0.164. The fraction of sp³-hybridized carbons (Fsp3) is 0.467. The number of hydrogen-bond donors (Lipinski definition) is 0. The molecule has 0 spiro atoms. The van der Waals surface area contributed by atoms with Crippen LogP contribution in [0.5, 0.6) is 0 Å². The predicted octanol–water partition coefficient (Wildman–Crippen LogP) is 5.00. The third-order valence-electron chi connectivity index (χ3n) is 9.14. The topological polar surface area (TPSA) is 81.5 Å². The van der Waals surface area contributed by atoms with E-state index < -0.39 is 11.5 Å². The molecule has 6 heteroatoms. The lowest BCUT2D eigenvalue weighted by Gasteiger charge is -2.57. The summed E-state index contributed by atoms with van der Waals surface area (Å²) in [6.45, 7) is 1.98. The molecular weight excluding hydrogens is 450 g/mol. The number of carbonyl (C=O) groups is 3. The van der Waals surface area contributed by atoms with E-state index in [1.807, 2.05) is 37.3 Å². The van der Waals surface area contributed by atoms with Crippen molar-refractivity contribution in [2.45, 2.75) is 64.0 Å². The molecule has 1 aliphatic heterocycles. The minimum atomic E-state index is -0.830. The second-order valence-corrected chi connectivity index (χ2v) is 11.4. The van der Waals surface area contributed by atoms with Crippen molar-refractivity contribution in [3.05, 3.63) is 65.7 Å². The summed E-state index contributed by atoms with van der Waals surface area (Å²) in [6, 6.07) is 17.2. The Morgan fingerprint density at radius 2 is 1.56 bits per heavy atom. The zero-order valence-electron chi connectivity index (χ0n) is 20.6. The van der Waals surface area contributed by atoms with E-state index in [-0.39, 0.29) is 30.2 Å². The van der Waals surface area contributed by atoms with Crippen LogP contribution in [0.2, 0.25) is 0 Å². The van der Waals surface area contributed by atoms with Gasteiger partial charge in [0, 0.05) is 0 Å². The number of rotatable bonds is 5. The van der Waals surface area contributed by atoms with E-state index in [2.05, 4.69) is 6.07 Å². The summed E-state index contributed by atoms with van der Waals surface area (Å²) in [5, 5.41) is 9.12. The van der Waals surface area contributed by atoms with Gasteiger partial charge in [-0.3, -0.25) is 14.4 Å². The molecule has 4 saturated carbocycles. The third-order valence-corrected chi connectivity index (χ3v) is 9.14. The first kappa shape index (κ1) is 23.0. The first-order valence-electron chi connectivity index (χ1n) is 13.1. The Morgan fingerprint density at radius 3 is 2.11 bits per heavy atom. The smallest absolute Gasteiger partial charge is 0.257 e. The fourth-order valence-electron chi connectivity index (χ4n) is 7.92. The van der Waals surface area contributed by atoms with Gasteiger partial charge in [0.2, 0.25) is 11.8 Å². The monoisotopic (exact) mass is 481 g/mol. The Morgan fingerprint density at radius 1 is 0.972 bits per heavy atom. The molecule has 7 rings (SSSR count). The maximum Gasteiger partial charge on any atom is 0.257 e. The highest BCUT2D eigenvalue weighted by atomic mass is 16.2. The van der Waals surface area contributed by atoms with Crippen molar-refractivity contribution in [1.29, 1.82) is 5.26 Å². The zero-order chi connectivity index (χ0) is 25.0. The molecule has 0 radical (unpaired) electrons. The van der Waals surface area contributed by atoms with Crippen molar-refractivity contribution >= 4 is 23.4 Å². The van der Waals surface area contributed by atoms with Gasteiger partial charge < -0.3 is 4.90 Å². The number of nitrogens with zero attached hydrogens (tertiary/aromatic N) is 3. The lowest BCUT2D eigenvalue weighted by Crippen LogP contribution is -2.58. The highest BCUT2D eigenvalue weighted by molar-refractivity contribution is 6.23. The molecular formula is C30H31N3O3. The third kappa shape index (κ3) is 3.64. The van der Waals surface area contributed by atoms with Gasteiger partial charge in [-0.2, -0.15) is 5.26 Å². The van der Waals surface area contributed by atoms with Gasteiger partial charge in [0.1, 0.15) is 6.04 Å².